The van der Waals surface area contributed by atoms with E-state index in [-0.39, 0.29) is 12.1 Å². The number of methoxy groups -OCH3 is 1. The Labute approximate surface area is 95.4 Å². The van der Waals surface area contributed by atoms with Crippen LogP contribution in [0.2, 0.25) is 0 Å². The third kappa shape index (κ3) is 2.09. The van der Waals surface area contributed by atoms with Crippen molar-refractivity contribution in [2.45, 2.75) is 32.0 Å². The van der Waals surface area contributed by atoms with E-state index in [1.807, 2.05) is 12.1 Å². The third-order valence-electron chi connectivity index (χ3n) is 2.86. The molecule has 0 saturated carbocycles. The third-order valence-corrected chi connectivity index (χ3v) is 2.86. The number of hydrogen-bond donors (Lipinski definition) is 0. The second kappa shape index (κ2) is 4.26. The lowest BCUT2D eigenvalue weighted by atomic mass is 10.0. The molecule has 2 atom stereocenters. The summed E-state index contributed by atoms with van der Waals surface area (Å²) in [7, 11) is 1.38. The van der Waals surface area contributed by atoms with Gasteiger partial charge in [-0.2, -0.15) is 0 Å². The predicted octanol–water partition coefficient (Wildman–Crippen LogP) is 2.42. The molecule has 0 N–H and O–H groups in total. The van der Waals surface area contributed by atoms with E-state index < -0.39 is 6.10 Å². The Morgan fingerprint density at radius 1 is 1.31 bits per heavy atom. The van der Waals surface area contributed by atoms with Crippen LogP contribution >= 0.6 is 0 Å². The van der Waals surface area contributed by atoms with Gasteiger partial charge in [-0.3, -0.25) is 0 Å². The average Bonchev–Trinajstić information content (AvgIpc) is 3.08. The molecule has 1 fully saturated rings. The Balaban J connectivity index is 2.05. The van der Waals surface area contributed by atoms with E-state index in [4.69, 9.17) is 4.74 Å². The fraction of sp³-hybridized carbons (Fsp3) is 0.462. The summed E-state index contributed by atoms with van der Waals surface area (Å²) in [6.07, 6.45) is -0.524. The summed E-state index contributed by atoms with van der Waals surface area (Å²) < 4.78 is 9.91. The highest BCUT2D eigenvalue weighted by molar-refractivity contribution is 5.78. The second-order valence-electron chi connectivity index (χ2n) is 4.32. The maximum atomic E-state index is 11.2. The van der Waals surface area contributed by atoms with Crippen molar-refractivity contribution in [3.63, 3.8) is 0 Å². The van der Waals surface area contributed by atoms with Crippen molar-refractivity contribution in [1.82, 2.24) is 0 Å². The number of epoxide rings is 1. The fourth-order valence-corrected chi connectivity index (χ4v) is 1.73. The van der Waals surface area contributed by atoms with E-state index in [0.29, 0.717) is 5.92 Å². The van der Waals surface area contributed by atoms with Gasteiger partial charge in [0.15, 0.2) is 6.10 Å². The van der Waals surface area contributed by atoms with Crippen LogP contribution in [0.3, 0.4) is 0 Å². The molecular weight excluding hydrogens is 204 g/mol. The van der Waals surface area contributed by atoms with Crippen molar-refractivity contribution >= 4 is 5.97 Å². The topological polar surface area (TPSA) is 38.8 Å². The quantitative estimate of drug-likeness (QED) is 0.580. The normalized spacial score (nSPS) is 23.2. The Kier molecular flexibility index (Phi) is 2.97. The highest BCUT2D eigenvalue weighted by Crippen LogP contribution is 2.39. The molecule has 0 radical (unpaired) electrons. The van der Waals surface area contributed by atoms with Crippen molar-refractivity contribution < 1.29 is 14.3 Å². The van der Waals surface area contributed by atoms with Gasteiger partial charge in [-0.25, -0.2) is 4.79 Å². The molecule has 2 unspecified atom stereocenters. The van der Waals surface area contributed by atoms with Gasteiger partial charge < -0.3 is 9.47 Å². The van der Waals surface area contributed by atoms with Gasteiger partial charge in [0.2, 0.25) is 0 Å². The average molecular weight is 220 g/mol. The summed E-state index contributed by atoms with van der Waals surface area (Å²) in [5.41, 5.74) is 2.33. The monoisotopic (exact) mass is 220 g/mol. The van der Waals surface area contributed by atoms with Crippen LogP contribution in [0.1, 0.15) is 37.0 Å². The summed E-state index contributed by atoms with van der Waals surface area (Å²) >= 11 is 0. The van der Waals surface area contributed by atoms with Crippen LogP contribution in [-0.4, -0.2) is 19.2 Å². The largest absolute Gasteiger partial charge is 0.467 e. The zero-order valence-corrected chi connectivity index (χ0v) is 9.77. The molecule has 1 heterocycles. The minimum Gasteiger partial charge on any atom is -0.467 e. The molecular formula is C13H16O3. The number of hydrogen-bond acceptors (Lipinski definition) is 3. The van der Waals surface area contributed by atoms with Crippen LogP contribution in [0.15, 0.2) is 24.3 Å². The SMILES string of the molecule is COC(=O)C1OC1c1ccc(C(C)C)cc1. The summed E-state index contributed by atoms with van der Waals surface area (Å²) in [5.74, 6) is 0.225. The predicted molar refractivity (Wildman–Crippen MR) is 60.2 cm³/mol. The van der Waals surface area contributed by atoms with E-state index in [1.165, 1.54) is 12.7 Å². The minimum absolute atomic E-state index is 0.117. The van der Waals surface area contributed by atoms with Crippen molar-refractivity contribution in [3.05, 3.63) is 35.4 Å². The van der Waals surface area contributed by atoms with Crippen molar-refractivity contribution in [1.29, 1.82) is 0 Å². The van der Waals surface area contributed by atoms with E-state index in [1.54, 1.807) is 0 Å². The number of ether oxygens (including phenoxy) is 2. The molecule has 2 rings (SSSR count). The number of rotatable bonds is 3. The summed E-state index contributed by atoms with van der Waals surface area (Å²) in [6, 6.07) is 8.19. The molecule has 1 aliphatic heterocycles. The number of carbonyl (C=O) groups excluding carboxylic acids is 1. The smallest absolute Gasteiger partial charge is 0.338 e. The van der Waals surface area contributed by atoms with Gasteiger partial charge in [0.05, 0.1) is 7.11 Å². The molecule has 3 nitrogen and oxygen atoms in total. The van der Waals surface area contributed by atoms with Crippen molar-refractivity contribution in [2.24, 2.45) is 0 Å². The highest BCUT2D eigenvalue weighted by atomic mass is 16.6. The molecule has 0 aliphatic carbocycles. The van der Waals surface area contributed by atoms with E-state index in [2.05, 4.69) is 30.7 Å². The van der Waals surface area contributed by atoms with Crippen LogP contribution in [0, 0.1) is 0 Å². The first-order chi connectivity index (χ1) is 7.63. The molecule has 0 amide bonds. The fourth-order valence-electron chi connectivity index (χ4n) is 1.73. The van der Waals surface area contributed by atoms with Gasteiger partial charge in [0.25, 0.3) is 0 Å². The van der Waals surface area contributed by atoms with Crippen LogP contribution in [0.25, 0.3) is 0 Å². The van der Waals surface area contributed by atoms with Crippen LogP contribution in [-0.2, 0) is 14.3 Å². The second-order valence-corrected chi connectivity index (χ2v) is 4.32. The maximum Gasteiger partial charge on any atom is 0.338 e. The first-order valence-corrected chi connectivity index (χ1v) is 5.46. The molecule has 16 heavy (non-hydrogen) atoms. The Morgan fingerprint density at radius 2 is 1.94 bits per heavy atom. The summed E-state index contributed by atoms with van der Waals surface area (Å²) in [6.45, 7) is 4.31. The molecule has 86 valence electrons. The molecule has 1 aromatic rings. The molecule has 1 aliphatic rings. The van der Waals surface area contributed by atoms with Crippen LogP contribution in [0.5, 0.6) is 0 Å². The molecule has 3 heteroatoms. The number of benzene rings is 1. The summed E-state index contributed by atoms with van der Waals surface area (Å²) in [5, 5.41) is 0. The number of esters is 1. The van der Waals surface area contributed by atoms with Gasteiger partial charge in [0.1, 0.15) is 6.10 Å². The number of carbonyl (C=O) groups is 1. The van der Waals surface area contributed by atoms with Crippen molar-refractivity contribution in [2.75, 3.05) is 7.11 Å². The van der Waals surface area contributed by atoms with E-state index >= 15 is 0 Å². The lowest BCUT2D eigenvalue weighted by molar-refractivity contribution is -0.142. The first kappa shape index (κ1) is 11.1. The van der Waals surface area contributed by atoms with Crippen LogP contribution < -0.4 is 0 Å². The van der Waals surface area contributed by atoms with Crippen molar-refractivity contribution in [3.8, 4) is 0 Å². The summed E-state index contributed by atoms with van der Waals surface area (Å²) in [4.78, 5) is 11.2. The minimum atomic E-state index is -0.408. The first-order valence-electron chi connectivity index (χ1n) is 5.46. The molecule has 0 aromatic heterocycles. The maximum absolute atomic E-state index is 11.2. The lowest BCUT2D eigenvalue weighted by Gasteiger charge is -2.05. The van der Waals surface area contributed by atoms with E-state index in [0.717, 1.165) is 5.56 Å². The standard InChI is InChI=1S/C13H16O3/c1-8(2)9-4-6-10(7-5-9)11-12(16-11)13(14)15-3/h4-8,11-12H,1-3H3. The Bertz CT molecular complexity index is 381. The zero-order valence-electron chi connectivity index (χ0n) is 9.77. The Morgan fingerprint density at radius 3 is 2.44 bits per heavy atom. The van der Waals surface area contributed by atoms with Gasteiger partial charge in [-0.05, 0) is 17.0 Å². The van der Waals surface area contributed by atoms with Gasteiger partial charge >= 0.3 is 5.97 Å². The van der Waals surface area contributed by atoms with Crippen LogP contribution in [0.4, 0.5) is 0 Å². The zero-order chi connectivity index (χ0) is 11.7. The molecule has 0 spiro atoms. The van der Waals surface area contributed by atoms with Gasteiger partial charge in [-0.1, -0.05) is 38.1 Å². The molecule has 1 saturated heterocycles. The molecule has 1 aromatic carbocycles. The van der Waals surface area contributed by atoms with Gasteiger partial charge in [-0.15, -0.1) is 0 Å². The molecule has 0 bridgehead atoms. The highest BCUT2D eigenvalue weighted by Gasteiger charge is 2.47. The lowest BCUT2D eigenvalue weighted by Crippen LogP contribution is -2.09. The van der Waals surface area contributed by atoms with Gasteiger partial charge in [0, 0.05) is 0 Å². The van der Waals surface area contributed by atoms with E-state index in [9.17, 15) is 4.79 Å². The Hall–Kier alpha value is -1.35.